The molecule has 0 aromatic carbocycles. The van der Waals surface area contributed by atoms with E-state index in [4.69, 9.17) is 13.8 Å². The third kappa shape index (κ3) is 30.3. The number of quaternary nitrogens is 1. The predicted octanol–water partition coefficient (Wildman–Crippen LogP) is 6.76. The average Bonchev–Trinajstić information content (AvgIpc) is 2.84. The summed E-state index contributed by atoms with van der Waals surface area (Å²) in [5.74, 6) is -0.251. The number of hydrogen-bond acceptors (Lipinski definition) is 6. The highest BCUT2D eigenvalue weighted by molar-refractivity contribution is 7.45. The molecule has 234 valence electrons. The maximum Gasteiger partial charge on any atom is 0.268 e. The summed E-state index contributed by atoms with van der Waals surface area (Å²) >= 11 is 0. The molecule has 0 fully saturated rings. The molecule has 1 N–H and O–H groups in total. The molecule has 0 spiro atoms. The van der Waals surface area contributed by atoms with Crippen molar-refractivity contribution in [3.63, 3.8) is 0 Å². The van der Waals surface area contributed by atoms with Gasteiger partial charge in [-0.05, 0) is 6.42 Å². The van der Waals surface area contributed by atoms with E-state index in [9.17, 15) is 14.3 Å². The van der Waals surface area contributed by atoms with Gasteiger partial charge in [0.1, 0.15) is 19.3 Å². The zero-order valence-corrected chi connectivity index (χ0v) is 27.1. The van der Waals surface area contributed by atoms with Crippen LogP contribution in [0.25, 0.3) is 0 Å². The molecule has 0 rings (SSSR count). The fourth-order valence-corrected chi connectivity index (χ4v) is 5.21. The SMILES string of the molecule is CCCCCCCCCCCCCCCCCCCCOCC(CNC(C)=O)OP(=O)([O-])OCC[N+](C)(C)C. The zero-order chi connectivity index (χ0) is 29.2. The number of nitrogens with one attached hydrogen (secondary N) is 1. The Hall–Kier alpha value is -0.500. The molecule has 0 bridgehead atoms. The number of phosphoric ester groups is 1. The molecule has 0 radical (unpaired) electrons. The van der Waals surface area contributed by atoms with E-state index >= 15 is 0 Å². The van der Waals surface area contributed by atoms with Crippen molar-refractivity contribution in [2.24, 2.45) is 0 Å². The Balaban J connectivity index is 3.73. The number of carbonyl (C=O) groups excluding carboxylic acids is 1. The summed E-state index contributed by atoms with van der Waals surface area (Å²) in [7, 11) is 1.37. The molecule has 8 nitrogen and oxygen atoms in total. The molecule has 9 heteroatoms. The number of likely N-dealkylation sites (N-methyl/N-ethyl adjacent to an activating group) is 1. The highest BCUT2D eigenvalue weighted by Gasteiger charge is 2.20. The summed E-state index contributed by atoms with van der Waals surface area (Å²) < 4.78 is 28.6. The first-order valence-electron chi connectivity index (χ1n) is 15.8. The van der Waals surface area contributed by atoms with Crippen molar-refractivity contribution in [3.8, 4) is 0 Å². The Morgan fingerprint density at radius 3 is 1.62 bits per heavy atom. The number of amides is 1. The second-order valence-corrected chi connectivity index (χ2v) is 13.4. The van der Waals surface area contributed by atoms with Gasteiger partial charge in [0.05, 0.1) is 27.7 Å². The lowest BCUT2D eigenvalue weighted by molar-refractivity contribution is -0.870. The van der Waals surface area contributed by atoms with Crippen LogP contribution in [0.5, 0.6) is 0 Å². The maximum absolute atomic E-state index is 12.2. The minimum absolute atomic E-state index is 0.0390. The number of phosphoric acid groups is 1. The van der Waals surface area contributed by atoms with E-state index in [0.717, 1.165) is 12.8 Å². The molecule has 0 aromatic rings. The molecular formula is C30H63N2O6P. The van der Waals surface area contributed by atoms with E-state index in [1.54, 1.807) is 0 Å². The van der Waals surface area contributed by atoms with Crippen LogP contribution in [0.4, 0.5) is 0 Å². The lowest BCUT2D eigenvalue weighted by atomic mass is 10.0. The van der Waals surface area contributed by atoms with Gasteiger partial charge in [0, 0.05) is 20.1 Å². The van der Waals surface area contributed by atoms with Crippen LogP contribution < -0.4 is 10.2 Å². The van der Waals surface area contributed by atoms with Crippen molar-refractivity contribution < 1.29 is 32.5 Å². The first-order valence-corrected chi connectivity index (χ1v) is 17.3. The molecule has 1 amide bonds. The molecule has 2 atom stereocenters. The van der Waals surface area contributed by atoms with E-state index in [1.807, 2.05) is 21.1 Å². The number of carbonyl (C=O) groups is 1. The first-order chi connectivity index (χ1) is 18.6. The van der Waals surface area contributed by atoms with Gasteiger partial charge in [0.25, 0.3) is 7.82 Å². The summed E-state index contributed by atoms with van der Waals surface area (Å²) in [6.45, 7) is 4.91. The summed E-state index contributed by atoms with van der Waals surface area (Å²) in [6.07, 6.45) is 23.1. The highest BCUT2D eigenvalue weighted by atomic mass is 31.2. The summed E-state index contributed by atoms with van der Waals surface area (Å²) in [5.41, 5.74) is 0. The molecular weight excluding hydrogens is 515 g/mol. The molecule has 0 heterocycles. The van der Waals surface area contributed by atoms with Gasteiger partial charge in [0.15, 0.2) is 0 Å². The summed E-state index contributed by atoms with van der Waals surface area (Å²) in [6, 6.07) is 0. The Morgan fingerprint density at radius 1 is 0.769 bits per heavy atom. The van der Waals surface area contributed by atoms with Crippen LogP contribution in [-0.4, -0.2) is 70.5 Å². The van der Waals surface area contributed by atoms with Crippen LogP contribution in [0.2, 0.25) is 0 Å². The topological polar surface area (TPSA) is 96.9 Å². The monoisotopic (exact) mass is 578 g/mol. The number of rotatable bonds is 29. The predicted molar refractivity (Wildman–Crippen MR) is 160 cm³/mol. The van der Waals surface area contributed by atoms with Gasteiger partial charge >= 0.3 is 0 Å². The quantitative estimate of drug-likeness (QED) is 0.0599. The number of ether oxygens (including phenoxy) is 1. The maximum atomic E-state index is 12.2. The van der Waals surface area contributed by atoms with Gasteiger partial charge < -0.3 is 28.5 Å². The van der Waals surface area contributed by atoms with Gasteiger partial charge in [-0.3, -0.25) is 9.36 Å². The van der Waals surface area contributed by atoms with Crippen LogP contribution in [0.15, 0.2) is 0 Å². The standard InChI is InChI=1S/C30H63N2O6P/c1-6-7-8-9-10-11-12-13-14-15-16-17-18-19-20-21-22-23-25-36-28-30(27-31-29(2)33)38-39(34,35)37-26-24-32(3,4)5/h30H,6-28H2,1-5H3,(H-,31,33,34,35). The Kier molecular flexibility index (Phi) is 24.9. The van der Waals surface area contributed by atoms with Crippen molar-refractivity contribution in [2.45, 2.75) is 136 Å². The van der Waals surface area contributed by atoms with Crippen molar-refractivity contribution in [2.75, 3.05) is 54.1 Å². The largest absolute Gasteiger partial charge is 0.756 e. The van der Waals surface area contributed by atoms with Crippen molar-refractivity contribution in [1.29, 1.82) is 0 Å². The second kappa shape index (κ2) is 25.2. The van der Waals surface area contributed by atoms with Crippen LogP contribution in [0.3, 0.4) is 0 Å². The zero-order valence-electron chi connectivity index (χ0n) is 26.2. The van der Waals surface area contributed by atoms with Crippen molar-refractivity contribution in [1.82, 2.24) is 5.32 Å². The minimum atomic E-state index is -4.48. The Bertz CT molecular complexity index is 615. The molecule has 0 saturated heterocycles. The van der Waals surface area contributed by atoms with Gasteiger partial charge in [-0.15, -0.1) is 0 Å². The van der Waals surface area contributed by atoms with Gasteiger partial charge in [-0.2, -0.15) is 0 Å². The molecule has 39 heavy (non-hydrogen) atoms. The minimum Gasteiger partial charge on any atom is -0.756 e. The van der Waals surface area contributed by atoms with Crippen LogP contribution >= 0.6 is 7.82 Å². The molecule has 0 aliphatic carbocycles. The molecule has 0 aliphatic heterocycles. The number of hydrogen-bond donors (Lipinski definition) is 1. The van der Waals surface area contributed by atoms with E-state index < -0.39 is 13.9 Å². The highest BCUT2D eigenvalue weighted by Crippen LogP contribution is 2.39. The molecule has 2 unspecified atom stereocenters. The third-order valence-corrected chi connectivity index (χ3v) is 7.87. The van der Waals surface area contributed by atoms with Crippen LogP contribution in [0.1, 0.15) is 129 Å². The lowest BCUT2D eigenvalue weighted by Crippen LogP contribution is -2.38. The van der Waals surface area contributed by atoms with Gasteiger partial charge in [-0.1, -0.05) is 116 Å². The number of nitrogens with zero attached hydrogens (tertiary/aromatic N) is 1. The summed E-state index contributed by atoms with van der Waals surface area (Å²) in [4.78, 5) is 23.5. The second-order valence-electron chi connectivity index (χ2n) is 12.0. The van der Waals surface area contributed by atoms with Gasteiger partial charge in [-0.25, -0.2) is 0 Å². The smallest absolute Gasteiger partial charge is 0.268 e. The Morgan fingerprint density at radius 2 is 1.21 bits per heavy atom. The van der Waals surface area contributed by atoms with Crippen LogP contribution in [0, 0.1) is 0 Å². The van der Waals surface area contributed by atoms with E-state index in [0.29, 0.717) is 17.6 Å². The first kappa shape index (κ1) is 38.5. The molecule has 0 aromatic heterocycles. The molecule has 0 aliphatic rings. The average molecular weight is 579 g/mol. The van der Waals surface area contributed by atoms with Crippen LogP contribution in [-0.2, 0) is 23.1 Å². The fourth-order valence-electron chi connectivity index (χ4n) is 4.34. The third-order valence-electron chi connectivity index (χ3n) is 6.81. The van der Waals surface area contributed by atoms with Gasteiger partial charge in [0.2, 0.25) is 5.91 Å². The summed E-state index contributed by atoms with van der Waals surface area (Å²) in [5, 5.41) is 2.60. The van der Waals surface area contributed by atoms with E-state index in [2.05, 4.69) is 12.2 Å². The van der Waals surface area contributed by atoms with Crippen molar-refractivity contribution >= 4 is 13.7 Å². The fraction of sp³-hybridized carbons (Fsp3) is 0.967. The number of unbranched alkanes of at least 4 members (excludes halogenated alkanes) is 17. The van der Waals surface area contributed by atoms with E-state index in [1.165, 1.54) is 110 Å². The lowest BCUT2D eigenvalue weighted by Gasteiger charge is -2.30. The Labute approximate surface area is 241 Å². The molecule has 0 saturated carbocycles. The normalized spacial score (nSPS) is 14.3. The van der Waals surface area contributed by atoms with E-state index in [-0.39, 0.29) is 25.7 Å². The van der Waals surface area contributed by atoms with Crippen molar-refractivity contribution in [3.05, 3.63) is 0 Å².